The molecule has 126 valence electrons. The van der Waals surface area contributed by atoms with Crippen LogP contribution < -0.4 is 10.1 Å². The number of nitrogens with one attached hydrogen (secondary N) is 1. The minimum absolute atomic E-state index is 0.250. The van der Waals surface area contributed by atoms with Crippen molar-refractivity contribution in [3.63, 3.8) is 0 Å². The first kappa shape index (κ1) is 18.7. The van der Waals surface area contributed by atoms with Crippen LogP contribution in [0.3, 0.4) is 0 Å². The molecule has 0 unspecified atom stereocenters. The smallest absolute Gasteiger partial charge is 0.326 e. The lowest BCUT2D eigenvalue weighted by Crippen LogP contribution is -2.40. The lowest BCUT2D eigenvalue weighted by atomic mass is 10.1. The number of unbranched alkanes of at least 4 members (excludes halogenated alkanes) is 3. The predicted octanol–water partition coefficient (Wildman–Crippen LogP) is 2.77. The molecule has 1 aromatic rings. The van der Waals surface area contributed by atoms with E-state index < -0.39 is 23.9 Å². The molecule has 0 bridgehead atoms. The molecule has 0 aliphatic carbocycles. The van der Waals surface area contributed by atoms with E-state index >= 15 is 0 Å². The third kappa shape index (κ3) is 6.95. The number of amides is 1. The van der Waals surface area contributed by atoms with Gasteiger partial charge in [0.1, 0.15) is 11.8 Å². The van der Waals surface area contributed by atoms with Crippen LogP contribution in [0.15, 0.2) is 24.3 Å². The zero-order chi connectivity index (χ0) is 17.2. The Balaban J connectivity index is 2.67. The Kier molecular flexibility index (Phi) is 7.80. The Morgan fingerprint density at radius 2 is 1.96 bits per heavy atom. The second kappa shape index (κ2) is 9.61. The van der Waals surface area contributed by atoms with Crippen molar-refractivity contribution >= 4 is 17.8 Å². The minimum atomic E-state index is -1.05. The molecule has 0 spiro atoms. The molecule has 0 saturated heterocycles. The van der Waals surface area contributed by atoms with Gasteiger partial charge in [-0.15, -0.1) is 0 Å². The molecule has 1 amide bonds. The molecule has 6 nitrogen and oxygen atoms in total. The van der Waals surface area contributed by atoms with Crippen molar-refractivity contribution in [3.05, 3.63) is 29.8 Å². The fraction of sp³-hybridized carbons (Fsp3) is 0.471. The van der Waals surface area contributed by atoms with Crippen molar-refractivity contribution in [1.82, 2.24) is 5.32 Å². The van der Waals surface area contributed by atoms with Gasteiger partial charge in [-0.05, 0) is 24.6 Å². The van der Waals surface area contributed by atoms with E-state index in [-0.39, 0.29) is 11.3 Å². The number of rotatable bonds is 9. The van der Waals surface area contributed by atoms with Gasteiger partial charge in [0.05, 0.1) is 0 Å². The number of esters is 1. The first-order valence-corrected chi connectivity index (χ1v) is 7.76. The topological polar surface area (TPSA) is 92.7 Å². The molecule has 6 heteroatoms. The van der Waals surface area contributed by atoms with Crippen LogP contribution in [0.4, 0.5) is 0 Å². The Labute approximate surface area is 135 Å². The maximum atomic E-state index is 12.2. The Morgan fingerprint density at radius 1 is 1.22 bits per heavy atom. The molecule has 2 N–H and O–H groups in total. The Hall–Kier alpha value is -2.37. The van der Waals surface area contributed by atoms with Gasteiger partial charge >= 0.3 is 11.9 Å². The summed E-state index contributed by atoms with van der Waals surface area (Å²) < 4.78 is 4.91. The molecule has 0 saturated carbocycles. The van der Waals surface area contributed by atoms with Gasteiger partial charge in [-0.2, -0.15) is 0 Å². The Bertz CT molecular complexity index is 556. The molecule has 0 fully saturated rings. The number of carboxylic acid groups (broad SMARTS) is 1. The van der Waals surface area contributed by atoms with Crippen molar-refractivity contribution in [2.24, 2.45) is 0 Å². The highest BCUT2D eigenvalue weighted by Crippen LogP contribution is 2.14. The van der Waals surface area contributed by atoms with E-state index in [1.54, 1.807) is 18.2 Å². The van der Waals surface area contributed by atoms with Gasteiger partial charge in [0, 0.05) is 12.5 Å². The summed E-state index contributed by atoms with van der Waals surface area (Å²) >= 11 is 0. The normalized spacial score (nSPS) is 11.6. The maximum Gasteiger partial charge on any atom is 0.326 e. The highest BCUT2D eigenvalue weighted by atomic mass is 16.5. The van der Waals surface area contributed by atoms with Crippen molar-refractivity contribution in [1.29, 1.82) is 0 Å². The molecule has 1 atom stereocenters. The summed E-state index contributed by atoms with van der Waals surface area (Å²) in [5.41, 5.74) is 0.253. The van der Waals surface area contributed by atoms with Crippen molar-refractivity contribution < 1.29 is 24.2 Å². The van der Waals surface area contributed by atoms with Crippen LogP contribution in [0.25, 0.3) is 0 Å². The molecule has 0 heterocycles. The molecular weight excluding hydrogens is 298 g/mol. The van der Waals surface area contributed by atoms with Gasteiger partial charge in [-0.25, -0.2) is 4.79 Å². The summed E-state index contributed by atoms with van der Waals surface area (Å²) in [5, 5.41) is 11.7. The van der Waals surface area contributed by atoms with Gasteiger partial charge in [-0.1, -0.05) is 38.7 Å². The van der Waals surface area contributed by atoms with Gasteiger partial charge in [-0.3, -0.25) is 9.59 Å². The summed E-state index contributed by atoms with van der Waals surface area (Å²) in [4.78, 5) is 34.4. The summed E-state index contributed by atoms with van der Waals surface area (Å²) in [7, 11) is 0. The minimum Gasteiger partial charge on any atom is -0.480 e. The van der Waals surface area contributed by atoms with Crippen LogP contribution in [0.5, 0.6) is 5.75 Å². The first-order chi connectivity index (χ1) is 10.9. The summed E-state index contributed by atoms with van der Waals surface area (Å²) in [6, 6.07) is 5.16. The van der Waals surface area contributed by atoms with Crippen LogP contribution >= 0.6 is 0 Å². The number of benzene rings is 1. The lowest BCUT2D eigenvalue weighted by Gasteiger charge is -2.14. The van der Waals surface area contributed by atoms with E-state index in [9.17, 15) is 19.5 Å². The quantitative estimate of drug-likeness (QED) is 0.414. The van der Waals surface area contributed by atoms with Crippen molar-refractivity contribution in [2.45, 2.75) is 52.0 Å². The van der Waals surface area contributed by atoms with Crippen LogP contribution in [-0.2, 0) is 9.59 Å². The summed E-state index contributed by atoms with van der Waals surface area (Å²) in [5.74, 6) is -1.78. The number of ether oxygens (including phenoxy) is 1. The second-order valence-corrected chi connectivity index (χ2v) is 5.34. The standard InChI is InChI=1S/C17H23NO5/c1-3-4-5-6-10-15(17(21)22)18-16(20)13-8-7-9-14(11-13)23-12(2)19/h7-9,11,15H,3-6,10H2,1-2H3,(H,18,20)(H,21,22)/t15-/m1/s1. The average Bonchev–Trinajstić information content (AvgIpc) is 2.49. The number of carbonyl (C=O) groups is 3. The average molecular weight is 321 g/mol. The fourth-order valence-corrected chi connectivity index (χ4v) is 2.14. The van der Waals surface area contributed by atoms with Gasteiger partial charge in [0.2, 0.25) is 0 Å². The zero-order valence-corrected chi connectivity index (χ0v) is 13.5. The third-order valence-corrected chi connectivity index (χ3v) is 3.31. The summed E-state index contributed by atoms with van der Waals surface area (Å²) in [6.07, 6.45) is 4.19. The van der Waals surface area contributed by atoms with Gasteiger partial charge in [0.25, 0.3) is 5.91 Å². The fourth-order valence-electron chi connectivity index (χ4n) is 2.14. The van der Waals surface area contributed by atoms with Crippen LogP contribution in [0.1, 0.15) is 56.3 Å². The molecule has 1 aromatic carbocycles. The lowest BCUT2D eigenvalue weighted by molar-refractivity contribution is -0.139. The molecule has 0 radical (unpaired) electrons. The van der Waals surface area contributed by atoms with E-state index in [1.165, 1.54) is 13.0 Å². The predicted molar refractivity (Wildman–Crippen MR) is 85.4 cm³/mol. The van der Waals surface area contributed by atoms with Crippen LogP contribution in [0, 0.1) is 0 Å². The Morgan fingerprint density at radius 3 is 2.57 bits per heavy atom. The van der Waals surface area contributed by atoms with E-state index in [0.29, 0.717) is 6.42 Å². The second-order valence-electron chi connectivity index (χ2n) is 5.34. The maximum absolute atomic E-state index is 12.2. The van der Waals surface area contributed by atoms with E-state index in [1.807, 2.05) is 0 Å². The third-order valence-electron chi connectivity index (χ3n) is 3.31. The highest BCUT2D eigenvalue weighted by Gasteiger charge is 2.20. The highest BCUT2D eigenvalue weighted by molar-refractivity contribution is 5.97. The first-order valence-electron chi connectivity index (χ1n) is 7.76. The summed E-state index contributed by atoms with van der Waals surface area (Å²) in [6.45, 7) is 3.34. The molecule has 0 aliphatic heterocycles. The zero-order valence-electron chi connectivity index (χ0n) is 13.5. The van der Waals surface area contributed by atoms with Gasteiger partial charge < -0.3 is 15.2 Å². The van der Waals surface area contributed by atoms with Gasteiger partial charge in [0.15, 0.2) is 0 Å². The van der Waals surface area contributed by atoms with Crippen molar-refractivity contribution in [3.8, 4) is 5.75 Å². The number of carboxylic acids is 1. The number of carbonyl (C=O) groups excluding carboxylic acids is 2. The molecular formula is C17H23NO5. The van der Waals surface area contributed by atoms with Crippen LogP contribution in [0.2, 0.25) is 0 Å². The van der Waals surface area contributed by atoms with Crippen LogP contribution in [-0.4, -0.2) is 29.0 Å². The molecule has 23 heavy (non-hydrogen) atoms. The monoisotopic (exact) mass is 321 g/mol. The SMILES string of the molecule is CCCCCC[C@@H](NC(=O)c1cccc(OC(C)=O)c1)C(=O)O. The van der Waals surface area contributed by atoms with Crippen molar-refractivity contribution in [2.75, 3.05) is 0 Å². The molecule has 0 aromatic heterocycles. The number of aliphatic carboxylic acids is 1. The van der Waals surface area contributed by atoms with E-state index in [0.717, 1.165) is 25.7 Å². The number of hydrogen-bond donors (Lipinski definition) is 2. The van der Waals surface area contributed by atoms with E-state index in [2.05, 4.69) is 12.2 Å². The molecule has 0 aliphatic rings. The number of hydrogen-bond acceptors (Lipinski definition) is 4. The molecule has 1 rings (SSSR count). The largest absolute Gasteiger partial charge is 0.480 e. The van der Waals surface area contributed by atoms with E-state index in [4.69, 9.17) is 4.74 Å².